The van der Waals surface area contributed by atoms with Crippen molar-refractivity contribution in [2.24, 2.45) is 0 Å². The fourth-order valence-electron chi connectivity index (χ4n) is 0.415. The molecule has 10 heavy (non-hydrogen) atoms. The van der Waals surface area contributed by atoms with E-state index in [1.54, 1.807) is 0 Å². The summed E-state index contributed by atoms with van der Waals surface area (Å²) in [5.74, 6) is 0. The van der Waals surface area contributed by atoms with Crippen molar-refractivity contribution in [3.8, 4) is 0 Å². The van der Waals surface area contributed by atoms with E-state index in [9.17, 15) is 0 Å². The van der Waals surface area contributed by atoms with Crippen molar-refractivity contribution >= 4 is 23.1 Å². The Balaban J connectivity index is 0.000000236. The molecule has 0 fully saturated rings. The molecule has 1 aromatic rings. The van der Waals surface area contributed by atoms with Gasteiger partial charge in [-0.3, -0.25) is 0 Å². The van der Waals surface area contributed by atoms with Gasteiger partial charge in [-0.25, -0.2) is 4.78 Å². The zero-order chi connectivity index (χ0) is 7.82. The molecule has 0 saturated carbocycles. The van der Waals surface area contributed by atoms with E-state index in [2.05, 4.69) is 0 Å². The second kappa shape index (κ2) is 6.45. The summed E-state index contributed by atoms with van der Waals surface area (Å²) in [7, 11) is 0. The van der Waals surface area contributed by atoms with E-state index < -0.39 is 0 Å². The van der Waals surface area contributed by atoms with Crippen LogP contribution in [0.25, 0.3) is 0 Å². The minimum atomic E-state index is -0.250. The first-order valence-corrected chi connectivity index (χ1v) is 3.59. The fourth-order valence-corrected chi connectivity index (χ4v) is 0.560. The van der Waals surface area contributed by atoms with Gasteiger partial charge in [0.15, 0.2) is 11.5 Å². The normalized spacial score (nSPS) is 7.30. The molecule has 0 unspecified atom stereocenters. The molecule has 0 aromatic heterocycles. The van der Waals surface area contributed by atoms with Crippen LogP contribution in [0.3, 0.4) is 0 Å². The van der Waals surface area contributed by atoms with Crippen LogP contribution in [0.5, 0.6) is 0 Å². The Morgan fingerprint density at radius 2 is 1.70 bits per heavy atom. The van der Waals surface area contributed by atoms with Crippen LogP contribution in [0.2, 0.25) is 5.02 Å². The quantitative estimate of drug-likeness (QED) is 0.646. The topological polar surface area (TPSA) is 40.9 Å². The summed E-state index contributed by atoms with van der Waals surface area (Å²) in [6, 6.07) is 9.44. The first kappa shape index (κ1) is 9.33. The first-order valence-electron chi connectivity index (χ1n) is 2.47. The molecule has 2 nitrogen and oxygen atoms in total. The van der Waals surface area contributed by atoms with Crippen LogP contribution in [-0.2, 0) is 11.5 Å². The summed E-state index contributed by atoms with van der Waals surface area (Å²) < 4.78 is 14.1. The molecule has 1 aromatic carbocycles. The minimum Gasteiger partial charge on any atom is -0.210 e. The Morgan fingerprint density at radius 3 is 1.90 bits per heavy atom. The van der Waals surface area contributed by atoms with Gasteiger partial charge < -0.3 is 0 Å². The lowest BCUT2D eigenvalue weighted by molar-refractivity contribution is 0.697. The highest BCUT2D eigenvalue weighted by Crippen LogP contribution is 2.03. The molecular formula is C6H6ClNOS. The van der Waals surface area contributed by atoms with Gasteiger partial charge in [0.05, 0.1) is 0 Å². The van der Waals surface area contributed by atoms with Crippen molar-refractivity contribution in [1.82, 2.24) is 0 Å². The van der Waals surface area contributed by atoms with Crippen LogP contribution in [0.1, 0.15) is 0 Å². The van der Waals surface area contributed by atoms with E-state index >= 15 is 0 Å². The van der Waals surface area contributed by atoms with E-state index in [4.69, 9.17) is 20.6 Å². The smallest absolute Gasteiger partial charge is 0.196 e. The Hall–Kier alpha value is -0.670. The number of benzene rings is 1. The lowest BCUT2D eigenvalue weighted by Gasteiger charge is -1.80. The van der Waals surface area contributed by atoms with Crippen molar-refractivity contribution in [2.75, 3.05) is 0 Å². The molecular weight excluding hydrogens is 170 g/mol. The average Bonchev–Trinajstić information content (AvgIpc) is 1.91. The SMILES string of the molecule is Clc1ccccc1.N=S=O. The Bertz CT molecular complexity index is 208. The van der Waals surface area contributed by atoms with Crippen molar-refractivity contribution in [3.05, 3.63) is 35.4 Å². The van der Waals surface area contributed by atoms with Crippen LogP contribution in [0.4, 0.5) is 0 Å². The van der Waals surface area contributed by atoms with Gasteiger partial charge in [-0.05, 0) is 12.1 Å². The Kier molecular flexibility index (Phi) is 6.02. The largest absolute Gasteiger partial charge is 0.210 e. The molecule has 0 amide bonds. The second-order valence-electron chi connectivity index (χ2n) is 1.38. The lowest BCUT2D eigenvalue weighted by Crippen LogP contribution is -1.55. The summed E-state index contributed by atoms with van der Waals surface area (Å²) in [4.78, 5) is 0. The van der Waals surface area contributed by atoms with E-state index in [0.717, 1.165) is 5.02 Å². The second-order valence-corrected chi connectivity index (χ2v) is 1.98. The molecule has 0 radical (unpaired) electrons. The van der Waals surface area contributed by atoms with E-state index in [0.29, 0.717) is 0 Å². The van der Waals surface area contributed by atoms with Gasteiger partial charge in [0.25, 0.3) is 0 Å². The monoisotopic (exact) mass is 175 g/mol. The van der Waals surface area contributed by atoms with E-state index in [-0.39, 0.29) is 11.5 Å². The zero-order valence-corrected chi connectivity index (χ0v) is 6.65. The molecule has 4 heteroatoms. The van der Waals surface area contributed by atoms with Crippen LogP contribution >= 0.6 is 11.6 Å². The average molecular weight is 176 g/mol. The third-order valence-corrected chi connectivity index (χ3v) is 0.985. The predicted octanol–water partition coefficient (Wildman–Crippen LogP) is 2.30. The summed E-state index contributed by atoms with van der Waals surface area (Å²) in [5.41, 5.74) is 0. The molecule has 0 spiro atoms. The predicted molar refractivity (Wildman–Crippen MR) is 42.3 cm³/mol. The standard InChI is InChI=1S/C6H5Cl.HNOS/c7-6-4-2-1-3-5-6;1-3-2/h1-5H;1H. The van der Waals surface area contributed by atoms with Crippen LogP contribution in [-0.4, -0.2) is 4.21 Å². The highest BCUT2D eigenvalue weighted by atomic mass is 35.5. The van der Waals surface area contributed by atoms with Gasteiger partial charge >= 0.3 is 0 Å². The number of rotatable bonds is 0. The van der Waals surface area contributed by atoms with Crippen LogP contribution in [0, 0.1) is 4.78 Å². The van der Waals surface area contributed by atoms with Crippen molar-refractivity contribution < 1.29 is 4.21 Å². The van der Waals surface area contributed by atoms with Crippen LogP contribution < -0.4 is 0 Å². The number of halogens is 1. The molecule has 1 rings (SSSR count). The van der Waals surface area contributed by atoms with Gasteiger partial charge in [-0.1, -0.05) is 29.8 Å². The molecule has 0 bridgehead atoms. The van der Waals surface area contributed by atoms with E-state index in [1.165, 1.54) is 0 Å². The third kappa shape index (κ3) is 5.47. The molecule has 0 aliphatic rings. The third-order valence-electron chi connectivity index (χ3n) is 0.733. The fraction of sp³-hybridized carbons (Fsp3) is 0. The maximum atomic E-state index is 8.51. The number of nitrogens with one attached hydrogen (secondary N) is 1. The van der Waals surface area contributed by atoms with Gasteiger partial charge in [0.2, 0.25) is 0 Å². The van der Waals surface area contributed by atoms with Crippen molar-refractivity contribution in [3.63, 3.8) is 0 Å². The number of hydrogen-bond acceptors (Lipinski definition) is 2. The summed E-state index contributed by atoms with van der Waals surface area (Å²) >= 11 is 5.29. The Labute approximate surface area is 67.9 Å². The molecule has 0 saturated heterocycles. The Morgan fingerprint density at radius 1 is 1.30 bits per heavy atom. The summed E-state index contributed by atoms with van der Waals surface area (Å²) in [6.07, 6.45) is 0. The molecule has 0 heterocycles. The number of hydrogen-bond donors (Lipinski definition) is 1. The van der Waals surface area contributed by atoms with Gasteiger partial charge in [0.1, 0.15) is 0 Å². The lowest BCUT2D eigenvalue weighted by atomic mass is 10.4. The summed E-state index contributed by atoms with van der Waals surface area (Å²) in [5, 5.41) is 0.794. The highest BCUT2D eigenvalue weighted by Gasteiger charge is 1.74. The molecule has 0 aliphatic heterocycles. The molecule has 0 aliphatic carbocycles. The zero-order valence-electron chi connectivity index (χ0n) is 5.08. The van der Waals surface area contributed by atoms with Crippen LogP contribution in [0.15, 0.2) is 30.3 Å². The minimum absolute atomic E-state index is 0.250. The maximum absolute atomic E-state index is 8.51. The maximum Gasteiger partial charge on any atom is 0.196 e. The van der Waals surface area contributed by atoms with E-state index in [1.807, 2.05) is 30.3 Å². The highest BCUT2D eigenvalue weighted by molar-refractivity contribution is 7.53. The van der Waals surface area contributed by atoms with Gasteiger partial charge in [-0.2, -0.15) is 4.21 Å². The first-order chi connectivity index (χ1) is 4.81. The summed E-state index contributed by atoms with van der Waals surface area (Å²) in [6.45, 7) is 0. The van der Waals surface area contributed by atoms with Gasteiger partial charge in [0, 0.05) is 5.02 Å². The van der Waals surface area contributed by atoms with Crippen molar-refractivity contribution in [1.29, 1.82) is 4.78 Å². The molecule has 1 N–H and O–H groups in total. The molecule has 54 valence electrons. The van der Waals surface area contributed by atoms with Crippen molar-refractivity contribution in [2.45, 2.75) is 0 Å². The molecule has 0 atom stereocenters. The van der Waals surface area contributed by atoms with Gasteiger partial charge in [-0.15, -0.1) is 0 Å².